The Bertz CT molecular complexity index is 157. The zero-order valence-electron chi connectivity index (χ0n) is 12.6. The van der Waals surface area contributed by atoms with Gasteiger partial charge in [-0.05, 0) is 36.5 Å². The first-order chi connectivity index (χ1) is 7.41. The molecule has 2 atom stereocenters. The summed E-state index contributed by atoms with van der Waals surface area (Å²) in [5, 5.41) is 0. The van der Waals surface area contributed by atoms with Gasteiger partial charge in [0.15, 0.2) is 0 Å². The molecule has 0 saturated heterocycles. The Balaban J connectivity index is 3.75. The SMILES string of the molecule is CCCC(C)CC(C)CCC(C)(C)CCC. The molecule has 0 amide bonds. The highest BCUT2D eigenvalue weighted by Gasteiger charge is 2.18. The van der Waals surface area contributed by atoms with Crippen LogP contribution in [0.15, 0.2) is 0 Å². The molecule has 0 aromatic heterocycles. The van der Waals surface area contributed by atoms with Gasteiger partial charge in [0.2, 0.25) is 0 Å². The lowest BCUT2D eigenvalue weighted by Gasteiger charge is -2.26. The minimum absolute atomic E-state index is 0.566. The highest BCUT2D eigenvalue weighted by Crippen LogP contribution is 2.31. The summed E-state index contributed by atoms with van der Waals surface area (Å²) in [5.74, 6) is 1.84. The Hall–Kier alpha value is 0. The van der Waals surface area contributed by atoms with Crippen molar-refractivity contribution >= 4 is 0 Å². The van der Waals surface area contributed by atoms with Crippen LogP contribution in [0.1, 0.15) is 86.5 Å². The van der Waals surface area contributed by atoms with Crippen LogP contribution < -0.4 is 0 Å². The van der Waals surface area contributed by atoms with Crippen LogP contribution in [0.4, 0.5) is 0 Å². The van der Waals surface area contributed by atoms with Crippen LogP contribution in [0.3, 0.4) is 0 Å². The van der Waals surface area contributed by atoms with Crippen molar-refractivity contribution in [2.45, 2.75) is 86.5 Å². The van der Waals surface area contributed by atoms with Gasteiger partial charge >= 0.3 is 0 Å². The van der Waals surface area contributed by atoms with Gasteiger partial charge in [0, 0.05) is 0 Å². The molecule has 0 rings (SSSR count). The van der Waals surface area contributed by atoms with Crippen molar-refractivity contribution in [2.75, 3.05) is 0 Å². The molecule has 0 fully saturated rings. The number of hydrogen-bond acceptors (Lipinski definition) is 0. The fraction of sp³-hybridized carbons (Fsp3) is 1.00. The lowest BCUT2D eigenvalue weighted by Crippen LogP contribution is -2.13. The van der Waals surface area contributed by atoms with Gasteiger partial charge in [-0.3, -0.25) is 0 Å². The lowest BCUT2D eigenvalue weighted by atomic mass is 9.80. The van der Waals surface area contributed by atoms with E-state index in [1.807, 2.05) is 0 Å². The molecule has 0 aromatic carbocycles. The molecule has 0 saturated carbocycles. The maximum Gasteiger partial charge on any atom is -0.0354 e. The van der Waals surface area contributed by atoms with Gasteiger partial charge < -0.3 is 0 Å². The molecule has 0 aliphatic carbocycles. The van der Waals surface area contributed by atoms with Gasteiger partial charge in [-0.2, -0.15) is 0 Å². The van der Waals surface area contributed by atoms with E-state index in [0.717, 1.165) is 11.8 Å². The van der Waals surface area contributed by atoms with E-state index in [4.69, 9.17) is 0 Å². The molecule has 2 unspecified atom stereocenters. The molecular formula is C16H34. The Morgan fingerprint density at radius 3 is 1.88 bits per heavy atom. The van der Waals surface area contributed by atoms with Crippen molar-refractivity contribution in [1.82, 2.24) is 0 Å². The van der Waals surface area contributed by atoms with Crippen LogP contribution in [-0.2, 0) is 0 Å². The van der Waals surface area contributed by atoms with Gasteiger partial charge in [-0.1, -0.05) is 67.2 Å². The Kier molecular flexibility index (Phi) is 8.14. The molecule has 0 nitrogen and oxygen atoms in total. The molecule has 0 radical (unpaired) electrons. The van der Waals surface area contributed by atoms with Gasteiger partial charge in [-0.25, -0.2) is 0 Å². The summed E-state index contributed by atoms with van der Waals surface area (Å²) in [6.07, 6.45) is 9.70. The minimum Gasteiger partial charge on any atom is -0.0654 e. The zero-order chi connectivity index (χ0) is 12.6. The summed E-state index contributed by atoms with van der Waals surface area (Å²) in [5.41, 5.74) is 0.566. The van der Waals surface area contributed by atoms with Gasteiger partial charge in [0.1, 0.15) is 0 Å². The van der Waals surface area contributed by atoms with E-state index < -0.39 is 0 Å². The molecule has 0 heteroatoms. The second-order valence-electron chi connectivity index (χ2n) is 6.69. The Morgan fingerprint density at radius 1 is 0.812 bits per heavy atom. The Labute approximate surface area is 104 Å². The summed E-state index contributed by atoms with van der Waals surface area (Å²) >= 11 is 0. The first kappa shape index (κ1) is 16.0. The average Bonchev–Trinajstić information content (AvgIpc) is 2.15. The van der Waals surface area contributed by atoms with Crippen molar-refractivity contribution in [1.29, 1.82) is 0 Å². The fourth-order valence-electron chi connectivity index (χ4n) is 2.85. The van der Waals surface area contributed by atoms with E-state index in [1.54, 1.807) is 0 Å². The van der Waals surface area contributed by atoms with Crippen molar-refractivity contribution in [3.8, 4) is 0 Å². The fourth-order valence-corrected chi connectivity index (χ4v) is 2.85. The maximum absolute atomic E-state index is 2.44. The second kappa shape index (κ2) is 8.14. The van der Waals surface area contributed by atoms with Crippen molar-refractivity contribution < 1.29 is 0 Å². The largest absolute Gasteiger partial charge is 0.0654 e. The number of rotatable bonds is 9. The van der Waals surface area contributed by atoms with Gasteiger partial charge in [0.05, 0.1) is 0 Å². The monoisotopic (exact) mass is 226 g/mol. The summed E-state index contributed by atoms with van der Waals surface area (Å²) in [6, 6.07) is 0. The highest BCUT2D eigenvalue weighted by molar-refractivity contribution is 4.70. The second-order valence-corrected chi connectivity index (χ2v) is 6.69. The standard InChI is InChI=1S/C16H34/c1-7-9-14(3)13-15(4)10-12-16(5,6)11-8-2/h14-15H,7-13H2,1-6H3. The quantitative estimate of drug-likeness (QED) is 0.448. The van der Waals surface area contributed by atoms with Gasteiger partial charge in [-0.15, -0.1) is 0 Å². The number of hydrogen-bond donors (Lipinski definition) is 0. The van der Waals surface area contributed by atoms with Crippen molar-refractivity contribution in [3.63, 3.8) is 0 Å². The average molecular weight is 226 g/mol. The van der Waals surface area contributed by atoms with E-state index in [1.165, 1.54) is 44.9 Å². The van der Waals surface area contributed by atoms with E-state index >= 15 is 0 Å². The third kappa shape index (κ3) is 8.19. The minimum atomic E-state index is 0.566. The zero-order valence-corrected chi connectivity index (χ0v) is 12.6. The molecule has 0 heterocycles. The van der Waals surface area contributed by atoms with Crippen molar-refractivity contribution in [2.24, 2.45) is 17.3 Å². The van der Waals surface area contributed by atoms with Crippen LogP contribution in [0.25, 0.3) is 0 Å². The van der Waals surface area contributed by atoms with Crippen molar-refractivity contribution in [3.05, 3.63) is 0 Å². The molecule has 0 bridgehead atoms. The first-order valence-corrected chi connectivity index (χ1v) is 7.41. The molecule has 0 aliphatic heterocycles. The van der Waals surface area contributed by atoms with Crippen LogP contribution in [-0.4, -0.2) is 0 Å². The predicted octanol–water partition coefficient (Wildman–Crippen LogP) is 6.06. The molecule has 0 N–H and O–H groups in total. The summed E-state index contributed by atoms with van der Waals surface area (Å²) < 4.78 is 0. The normalized spacial score (nSPS) is 16.1. The lowest BCUT2D eigenvalue weighted by molar-refractivity contribution is 0.259. The molecule has 0 aromatic rings. The summed E-state index contributed by atoms with van der Waals surface area (Å²) in [6.45, 7) is 14.3. The summed E-state index contributed by atoms with van der Waals surface area (Å²) in [7, 11) is 0. The summed E-state index contributed by atoms with van der Waals surface area (Å²) in [4.78, 5) is 0. The van der Waals surface area contributed by atoms with E-state index in [0.29, 0.717) is 5.41 Å². The third-order valence-corrected chi connectivity index (χ3v) is 3.83. The smallest absolute Gasteiger partial charge is 0.0354 e. The van der Waals surface area contributed by atoms with Gasteiger partial charge in [0.25, 0.3) is 0 Å². The third-order valence-electron chi connectivity index (χ3n) is 3.83. The molecule has 0 aliphatic rings. The molecule has 16 heavy (non-hydrogen) atoms. The van der Waals surface area contributed by atoms with Crippen LogP contribution >= 0.6 is 0 Å². The molecule has 98 valence electrons. The van der Waals surface area contributed by atoms with E-state index in [2.05, 4.69) is 41.5 Å². The predicted molar refractivity (Wildman–Crippen MR) is 75.8 cm³/mol. The molecule has 0 spiro atoms. The first-order valence-electron chi connectivity index (χ1n) is 7.41. The molecular weight excluding hydrogens is 192 g/mol. The highest BCUT2D eigenvalue weighted by atomic mass is 14.2. The maximum atomic E-state index is 2.44. The van der Waals surface area contributed by atoms with Crippen LogP contribution in [0.2, 0.25) is 0 Å². The van der Waals surface area contributed by atoms with E-state index in [-0.39, 0.29) is 0 Å². The topological polar surface area (TPSA) is 0 Å². The van der Waals surface area contributed by atoms with Crippen LogP contribution in [0, 0.1) is 17.3 Å². The van der Waals surface area contributed by atoms with Crippen LogP contribution in [0.5, 0.6) is 0 Å². The van der Waals surface area contributed by atoms with E-state index in [9.17, 15) is 0 Å². The Morgan fingerprint density at radius 2 is 1.38 bits per heavy atom.